The van der Waals surface area contributed by atoms with Gasteiger partial charge in [-0.25, -0.2) is 9.67 Å². The molecule has 2 aromatic heterocycles. The maximum absolute atomic E-state index is 10.8. The number of carbonyl (C=O) groups is 1. The summed E-state index contributed by atoms with van der Waals surface area (Å²) in [6.07, 6.45) is 1.74. The molecular weight excluding hydrogens is 590 g/mol. The van der Waals surface area contributed by atoms with Crippen LogP contribution in [0.1, 0.15) is 18.3 Å². The molecule has 0 spiro atoms. The molecule has 1 aromatic carbocycles. The van der Waals surface area contributed by atoms with Gasteiger partial charge in [0.1, 0.15) is 11.4 Å². The lowest BCUT2D eigenvalue weighted by Crippen LogP contribution is -2.21. The van der Waals surface area contributed by atoms with Gasteiger partial charge in [0.25, 0.3) is 0 Å². The molecule has 0 saturated heterocycles. The first-order chi connectivity index (χ1) is 14.3. The normalized spacial score (nSPS) is 11.5. The van der Waals surface area contributed by atoms with Crippen molar-refractivity contribution in [2.75, 3.05) is 6.54 Å². The van der Waals surface area contributed by atoms with Crippen molar-refractivity contribution in [3.63, 3.8) is 0 Å². The van der Waals surface area contributed by atoms with Gasteiger partial charge in [-0.1, -0.05) is 5.21 Å². The second-order valence-corrected chi connectivity index (χ2v) is 8.44. The largest absolute Gasteiger partial charge is 0.480 e. The van der Waals surface area contributed by atoms with E-state index in [9.17, 15) is 4.79 Å². The highest BCUT2D eigenvalue weighted by molar-refractivity contribution is 9.14. The van der Waals surface area contributed by atoms with Crippen LogP contribution in [0.3, 0.4) is 0 Å². The molecule has 0 saturated carbocycles. The second kappa shape index (κ2) is 9.57. The maximum Gasteiger partial charge on any atom is 0.327 e. The Morgan fingerprint density at radius 1 is 1.33 bits per heavy atom. The lowest BCUT2D eigenvalue weighted by atomic mass is 10.2. The molecular formula is C16H14Br3N9O2. The molecule has 0 radical (unpaired) electrons. The van der Waals surface area contributed by atoms with Gasteiger partial charge in [0, 0.05) is 20.1 Å². The molecule has 156 valence electrons. The Bertz CT molecular complexity index is 1100. The van der Waals surface area contributed by atoms with E-state index in [2.05, 4.69) is 90.2 Å². The highest BCUT2D eigenvalue weighted by Crippen LogP contribution is 2.32. The number of benzene rings is 1. The molecule has 0 bridgehead atoms. The minimum Gasteiger partial charge on any atom is -0.480 e. The number of aromatic nitrogens is 6. The number of H-pyrrole nitrogens is 1. The van der Waals surface area contributed by atoms with Crippen LogP contribution in [-0.4, -0.2) is 65.3 Å². The van der Waals surface area contributed by atoms with Crippen molar-refractivity contribution in [2.24, 2.45) is 10.2 Å². The Labute approximate surface area is 195 Å². The summed E-state index contributed by atoms with van der Waals surface area (Å²) in [6, 6.07) is 3.97. The van der Waals surface area contributed by atoms with Gasteiger partial charge in [-0.05, 0) is 72.4 Å². The van der Waals surface area contributed by atoms with E-state index < -0.39 is 12.5 Å². The summed E-state index contributed by atoms with van der Waals surface area (Å²) in [4.78, 5) is 15.1. The van der Waals surface area contributed by atoms with Crippen LogP contribution in [0.2, 0.25) is 0 Å². The summed E-state index contributed by atoms with van der Waals surface area (Å²) in [7, 11) is 0. The predicted molar refractivity (Wildman–Crippen MR) is 120 cm³/mol. The fraction of sp³-hybridized carbons (Fsp3) is 0.188. The monoisotopic (exact) mass is 601 g/mol. The standard InChI is InChI=1S/C16H14Br3N9O2/c1-8(25-28(20-2)7-13(29)30)15-21-16(24-23-15)12-6-27(26-22-12)5-9-3-10(17)14(19)11(18)4-9/h3-4,6H,2,5,7H2,1H3,(H,29,30)(H,21,23,24)/b25-8+. The summed E-state index contributed by atoms with van der Waals surface area (Å²) in [5.41, 5.74) is 1.88. The predicted octanol–water partition coefficient (Wildman–Crippen LogP) is 3.13. The minimum absolute atomic E-state index is 0.277. The third-order valence-electron chi connectivity index (χ3n) is 3.68. The van der Waals surface area contributed by atoms with Crippen LogP contribution >= 0.6 is 47.8 Å². The number of carboxylic acid groups (broad SMARTS) is 1. The van der Waals surface area contributed by atoms with Crippen molar-refractivity contribution in [3.8, 4) is 11.5 Å². The number of carboxylic acids is 1. The van der Waals surface area contributed by atoms with Crippen LogP contribution in [-0.2, 0) is 11.3 Å². The fourth-order valence-corrected chi connectivity index (χ4v) is 3.87. The Hall–Kier alpha value is -2.45. The van der Waals surface area contributed by atoms with Crippen molar-refractivity contribution in [1.29, 1.82) is 0 Å². The van der Waals surface area contributed by atoms with Gasteiger partial charge in [-0.2, -0.15) is 20.4 Å². The van der Waals surface area contributed by atoms with Gasteiger partial charge in [-0.3, -0.25) is 9.89 Å². The van der Waals surface area contributed by atoms with E-state index in [1.807, 2.05) is 12.1 Å². The van der Waals surface area contributed by atoms with Gasteiger partial charge in [0.2, 0.25) is 0 Å². The zero-order chi connectivity index (χ0) is 21.8. The van der Waals surface area contributed by atoms with Crippen LogP contribution in [0.5, 0.6) is 0 Å². The van der Waals surface area contributed by atoms with E-state index in [0.717, 1.165) is 24.1 Å². The molecule has 30 heavy (non-hydrogen) atoms. The van der Waals surface area contributed by atoms with Crippen molar-refractivity contribution >= 4 is 66.2 Å². The molecule has 0 unspecified atom stereocenters. The van der Waals surface area contributed by atoms with Gasteiger partial charge >= 0.3 is 5.97 Å². The molecule has 3 aromatic rings. The zero-order valence-electron chi connectivity index (χ0n) is 15.4. The molecule has 3 rings (SSSR count). The number of nitrogens with zero attached hydrogens (tertiary/aromatic N) is 8. The van der Waals surface area contributed by atoms with E-state index >= 15 is 0 Å². The van der Waals surface area contributed by atoms with E-state index in [1.165, 1.54) is 0 Å². The molecule has 11 nitrogen and oxygen atoms in total. The molecule has 0 amide bonds. The van der Waals surface area contributed by atoms with Gasteiger partial charge in [0.15, 0.2) is 18.2 Å². The highest BCUT2D eigenvalue weighted by Gasteiger charge is 2.14. The third kappa shape index (κ3) is 5.37. The molecule has 2 N–H and O–H groups in total. The van der Waals surface area contributed by atoms with E-state index in [-0.39, 0.29) is 5.82 Å². The number of hydrogen-bond donors (Lipinski definition) is 2. The molecule has 0 atom stereocenters. The second-order valence-electron chi connectivity index (χ2n) is 5.93. The average molecular weight is 604 g/mol. The minimum atomic E-state index is -1.09. The average Bonchev–Trinajstić information content (AvgIpc) is 3.34. The summed E-state index contributed by atoms with van der Waals surface area (Å²) in [5.74, 6) is -0.407. The summed E-state index contributed by atoms with van der Waals surface area (Å²) in [6.45, 7) is 5.01. The number of hydrazone groups is 2. The highest BCUT2D eigenvalue weighted by atomic mass is 79.9. The van der Waals surface area contributed by atoms with Crippen molar-refractivity contribution in [3.05, 3.63) is 43.1 Å². The summed E-state index contributed by atoms with van der Waals surface area (Å²) in [5, 5.41) is 32.5. The molecule has 0 aliphatic heterocycles. The number of aliphatic carboxylic acids is 1. The first-order valence-corrected chi connectivity index (χ1v) is 10.6. The first kappa shape index (κ1) is 22.2. The lowest BCUT2D eigenvalue weighted by Gasteiger charge is -2.09. The molecule has 2 heterocycles. The summed E-state index contributed by atoms with van der Waals surface area (Å²) < 4.78 is 4.46. The Balaban J connectivity index is 1.76. The van der Waals surface area contributed by atoms with Crippen LogP contribution in [0, 0.1) is 0 Å². The Morgan fingerprint density at radius 3 is 2.67 bits per heavy atom. The quantitative estimate of drug-likeness (QED) is 0.229. The Kier molecular flexibility index (Phi) is 7.10. The number of aromatic amines is 1. The Morgan fingerprint density at radius 2 is 2.03 bits per heavy atom. The van der Waals surface area contributed by atoms with Crippen molar-refractivity contribution in [1.82, 2.24) is 35.3 Å². The fourth-order valence-electron chi connectivity index (χ4n) is 2.36. The molecule has 14 heteroatoms. The number of rotatable bonds is 8. The van der Waals surface area contributed by atoms with Gasteiger partial charge in [-0.15, -0.1) is 5.10 Å². The SMILES string of the molecule is C=NN(CC(=O)O)/N=C(\C)c1n[nH]c(-c2cn(Cc3cc(Br)c(Br)c(Br)c3)nn2)n1. The number of nitrogens with one attached hydrogen (secondary N) is 1. The van der Waals surface area contributed by atoms with E-state index in [0.29, 0.717) is 23.8 Å². The summed E-state index contributed by atoms with van der Waals surface area (Å²) >= 11 is 10.5. The molecule has 0 aliphatic rings. The van der Waals surface area contributed by atoms with Crippen LogP contribution in [0.15, 0.2) is 42.0 Å². The molecule has 0 fully saturated rings. The number of hydrogen-bond acceptors (Lipinski definition) is 8. The van der Waals surface area contributed by atoms with E-state index in [4.69, 9.17) is 5.11 Å². The topological polar surface area (TPSA) is 138 Å². The third-order valence-corrected chi connectivity index (χ3v) is 6.85. The van der Waals surface area contributed by atoms with Crippen LogP contribution in [0.25, 0.3) is 11.5 Å². The van der Waals surface area contributed by atoms with Crippen LogP contribution in [0.4, 0.5) is 0 Å². The lowest BCUT2D eigenvalue weighted by molar-refractivity contribution is -0.138. The van der Waals surface area contributed by atoms with Crippen molar-refractivity contribution < 1.29 is 9.90 Å². The van der Waals surface area contributed by atoms with Crippen LogP contribution < -0.4 is 0 Å². The van der Waals surface area contributed by atoms with E-state index in [1.54, 1.807) is 17.8 Å². The van der Waals surface area contributed by atoms with Gasteiger partial charge < -0.3 is 5.11 Å². The van der Waals surface area contributed by atoms with Gasteiger partial charge in [0.05, 0.1) is 12.7 Å². The molecule has 0 aliphatic carbocycles. The number of halogens is 3. The zero-order valence-corrected chi connectivity index (χ0v) is 20.2. The first-order valence-electron chi connectivity index (χ1n) is 8.24. The maximum atomic E-state index is 10.8. The van der Waals surface area contributed by atoms with Crippen molar-refractivity contribution in [2.45, 2.75) is 13.5 Å². The smallest absolute Gasteiger partial charge is 0.327 e.